The van der Waals surface area contributed by atoms with Crippen LogP contribution in [-0.4, -0.2) is 25.2 Å². The number of nitrogens with zero attached hydrogens (tertiary/aromatic N) is 5. The van der Waals surface area contributed by atoms with Crippen molar-refractivity contribution in [2.75, 3.05) is 11.4 Å². The maximum absolute atomic E-state index is 12.7. The van der Waals surface area contributed by atoms with Crippen molar-refractivity contribution in [3.8, 4) is 0 Å². The molecule has 3 heterocycles. The molecule has 1 aromatic carbocycles. The van der Waals surface area contributed by atoms with Gasteiger partial charge >= 0.3 is 5.69 Å². The molecule has 0 N–H and O–H groups in total. The fourth-order valence-corrected chi connectivity index (χ4v) is 3.71. The van der Waals surface area contributed by atoms with Crippen LogP contribution < -0.4 is 16.1 Å². The first-order valence-electron chi connectivity index (χ1n) is 8.95. The Balaban J connectivity index is 1.98. The minimum atomic E-state index is -0.357. The molecule has 0 fully saturated rings. The highest BCUT2D eigenvalue weighted by Gasteiger charge is 2.29. The fourth-order valence-electron chi connectivity index (χ4n) is 3.71. The highest BCUT2D eigenvalue weighted by Crippen LogP contribution is 2.32. The van der Waals surface area contributed by atoms with Crippen molar-refractivity contribution in [3.63, 3.8) is 0 Å². The van der Waals surface area contributed by atoms with Crippen LogP contribution in [0.2, 0.25) is 0 Å². The highest BCUT2D eigenvalue weighted by atomic mass is 16.2. The summed E-state index contributed by atoms with van der Waals surface area (Å²) in [5, 5.41) is 0. The molecule has 0 saturated heterocycles. The molecule has 0 spiro atoms. The largest absolute Gasteiger partial charge is 0.332 e. The van der Waals surface area contributed by atoms with Gasteiger partial charge < -0.3 is 9.47 Å². The lowest BCUT2D eigenvalue weighted by Gasteiger charge is -2.33. The van der Waals surface area contributed by atoms with E-state index in [1.165, 1.54) is 17.2 Å². The predicted molar refractivity (Wildman–Crippen MR) is 102 cm³/mol. The molecule has 0 aliphatic carbocycles. The minimum absolute atomic E-state index is 0.294. The average Bonchev–Trinajstić information content (AvgIpc) is 3.03. The van der Waals surface area contributed by atoms with E-state index in [4.69, 9.17) is 0 Å². The minimum Gasteiger partial charge on any atom is -0.312 e. The van der Waals surface area contributed by atoms with Gasteiger partial charge in [0.1, 0.15) is 0 Å². The molecule has 7 heteroatoms. The van der Waals surface area contributed by atoms with Crippen LogP contribution >= 0.6 is 0 Å². The normalized spacial score (nSPS) is 16.9. The van der Waals surface area contributed by atoms with Gasteiger partial charge in [-0.25, -0.2) is 4.79 Å². The Morgan fingerprint density at radius 2 is 1.77 bits per heavy atom. The van der Waals surface area contributed by atoms with Gasteiger partial charge in [0.2, 0.25) is 5.95 Å². The molecule has 1 aliphatic rings. The van der Waals surface area contributed by atoms with Gasteiger partial charge in [-0.1, -0.05) is 26.0 Å². The second kappa shape index (κ2) is 5.86. The van der Waals surface area contributed by atoms with Gasteiger partial charge in [-0.2, -0.15) is 4.98 Å². The van der Waals surface area contributed by atoms with E-state index in [9.17, 15) is 9.59 Å². The van der Waals surface area contributed by atoms with E-state index in [0.717, 1.165) is 29.2 Å². The number of fused-ring (bicyclic) bond motifs is 3. The Morgan fingerprint density at radius 1 is 1.08 bits per heavy atom. The molecular formula is C19H23N5O2. The first kappa shape index (κ1) is 16.6. The lowest BCUT2D eigenvalue weighted by atomic mass is 10.1. The Hall–Kier alpha value is -2.83. The molecule has 1 unspecified atom stereocenters. The van der Waals surface area contributed by atoms with E-state index in [0.29, 0.717) is 23.6 Å². The third-order valence-corrected chi connectivity index (χ3v) is 5.21. The number of aromatic nitrogens is 4. The van der Waals surface area contributed by atoms with E-state index >= 15 is 0 Å². The van der Waals surface area contributed by atoms with Crippen LogP contribution in [0.4, 0.5) is 11.6 Å². The Morgan fingerprint density at radius 3 is 2.42 bits per heavy atom. The Labute approximate surface area is 151 Å². The van der Waals surface area contributed by atoms with Crippen LogP contribution in [0.5, 0.6) is 0 Å². The summed E-state index contributed by atoms with van der Waals surface area (Å²) >= 11 is 0. The molecule has 0 amide bonds. The van der Waals surface area contributed by atoms with Crippen LogP contribution in [0.15, 0.2) is 33.9 Å². The van der Waals surface area contributed by atoms with Gasteiger partial charge in [-0.15, -0.1) is 0 Å². The zero-order chi connectivity index (χ0) is 18.6. The van der Waals surface area contributed by atoms with Gasteiger partial charge in [0.05, 0.1) is 0 Å². The maximum atomic E-state index is 12.7. The summed E-state index contributed by atoms with van der Waals surface area (Å²) in [7, 11) is 3.17. The van der Waals surface area contributed by atoms with Crippen LogP contribution in [-0.2, 0) is 27.1 Å². The molecular weight excluding hydrogens is 330 g/mol. The van der Waals surface area contributed by atoms with E-state index in [2.05, 4.69) is 48.0 Å². The van der Waals surface area contributed by atoms with E-state index in [1.54, 1.807) is 7.05 Å². The van der Waals surface area contributed by atoms with E-state index < -0.39 is 0 Å². The molecule has 26 heavy (non-hydrogen) atoms. The topological polar surface area (TPSA) is 65.1 Å². The number of hydrogen-bond donors (Lipinski definition) is 0. The molecule has 0 radical (unpaired) electrons. The summed E-state index contributed by atoms with van der Waals surface area (Å²) < 4.78 is 4.56. The third-order valence-electron chi connectivity index (χ3n) is 5.21. The maximum Gasteiger partial charge on any atom is 0.332 e. The predicted octanol–water partition coefficient (Wildman–Crippen LogP) is 1.78. The van der Waals surface area contributed by atoms with Gasteiger partial charge in [0.15, 0.2) is 11.2 Å². The van der Waals surface area contributed by atoms with Gasteiger partial charge in [0, 0.05) is 32.9 Å². The summed E-state index contributed by atoms with van der Waals surface area (Å²) in [6.45, 7) is 5.83. The lowest BCUT2D eigenvalue weighted by Crippen LogP contribution is -2.38. The summed E-state index contributed by atoms with van der Waals surface area (Å²) in [6.07, 6.45) is 0.993. The number of anilines is 2. The van der Waals surface area contributed by atoms with Gasteiger partial charge in [-0.05, 0) is 30.0 Å². The zero-order valence-corrected chi connectivity index (χ0v) is 15.6. The molecule has 0 bridgehead atoms. The molecule has 1 atom stereocenters. The fraction of sp³-hybridized carbons (Fsp3) is 0.421. The molecule has 1 aliphatic heterocycles. The van der Waals surface area contributed by atoms with Gasteiger partial charge in [0.25, 0.3) is 5.56 Å². The van der Waals surface area contributed by atoms with Crippen molar-refractivity contribution >= 4 is 22.8 Å². The van der Waals surface area contributed by atoms with Crippen LogP contribution in [0, 0.1) is 5.92 Å². The van der Waals surface area contributed by atoms with Crippen LogP contribution in [0.3, 0.4) is 0 Å². The summed E-state index contributed by atoms with van der Waals surface area (Å²) in [5.74, 6) is 1.08. The van der Waals surface area contributed by atoms with E-state index in [1.807, 2.05) is 4.57 Å². The number of imidazole rings is 1. The molecule has 3 aromatic rings. The monoisotopic (exact) mass is 353 g/mol. The molecule has 0 saturated carbocycles. The highest BCUT2D eigenvalue weighted by molar-refractivity contribution is 5.77. The van der Waals surface area contributed by atoms with Crippen molar-refractivity contribution in [2.24, 2.45) is 20.0 Å². The van der Waals surface area contributed by atoms with Crippen molar-refractivity contribution in [1.82, 2.24) is 18.7 Å². The number of rotatable bonds is 2. The summed E-state index contributed by atoms with van der Waals surface area (Å²) in [5.41, 5.74) is 2.61. The SMILES string of the molecule is CCc1ccc(N2CC(C)Cn3c2nc2c3c(=O)n(C)c(=O)n2C)cc1. The van der Waals surface area contributed by atoms with Crippen LogP contribution in [0.25, 0.3) is 11.2 Å². The van der Waals surface area contributed by atoms with Crippen LogP contribution in [0.1, 0.15) is 19.4 Å². The van der Waals surface area contributed by atoms with Gasteiger partial charge in [-0.3, -0.25) is 13.9 Å². The molecule has 136 valence electrons. The standard InChI is InChI=1S/C19H23N5O2/c1-5-13-6-8-14(9-7-13)23-10-12(2)11-24-15-16(20-18(23)24)21(3)19(26)22(4)17(15)25/h6-9,12H,5,10-11H2,1-4H3. The quantitative estimate of drug-likeness (QED) is 0.704. The molecule has 7 nitrogen and oxygen atoms in total. The summed E-state index contributed by atoms with van der Waals surface area (Å²) in [6, 6.07) is 8.43. The second-order valence-corrected chi connectivity index (χ2v) is 7.14. The first-order chi connectivity index (χ1) is 12.4. The van der Waals surface area contributed by atoms with E-state index in [-0.39, 0.29) is 11.2 Å². The van der Waals surface area contributed by atoms with Crippen molar-refractivity contribution < 1.29 is 0 Å². The van der Waals surface area contributed by atoms with Crippen molar-refractivity contribution in [2.45, 2.75) is 26.8 Å². The lowest BCUT2D eigenvalue weighted by molar-refractivity contribution is 0.458. The number of aryl methyl sites for hydroxylation is 2. The second-order valence-electron chi connectivity index (χ2n) is 7.14. The third kappa shape index (κ3) is 2.30. The zero-order valence-electron chi connectivity index (χ0n) is 15.6. The average molecular weight is 353 g/mol. The van der Waals surface area contributed by atoms with Crippen molar-refractivity contribution in [3.05, 3.63) is 50.7 Å². The molecule has 4 rings (SSSR count). The van der Waals surface area contributed by atoms with Crippen molar-refractivity contribution in [1.29, 1.82) is 0 Å². The molecule has 2 aromatic heterocycles. The first-order valence-corrected chi connectivity index (χ1v) is 8.95. The number of benzene rings is 1. The number of hydrogen-bond acceptors (Lipinski definition) is 4. The summed E-state index contributed by atoms with van der Waals surface area (Å²) in [4.78, 5) is 31.8. The Bertz CT molecular complexity index is 1100. The Kier molecular flexibility index (Phi) is 3.75. The smallest absolute Gasteiger partial charge is 0.312 e.